The summed E-state index contributed by atoms with van der Waals surface area (Å²) < 4.78 is 4.96. The third kappa shape index (κ3) is 7.32. The molecular formula is C10H18O2. The van der Waals surface area contributed by atoms with Crippen LogP contribution in [0.2, 0.25) is 0 Å². The molecule has 0 aromatic heterocycles. The summed E-state index contributed by atoms with van der Waals surface area (Å²) in [4.78, 5) is 11.0. The summed E-state index contributed by atoms with van der Waals surface area (Å²) in [5.41, 5.74) is 1.05. The minimum Gasteiger partial charge on any atom is -0.465 e. The summed E-state index contributed by atoms with van der Waals surface area (Å²) in [6, 6.07) is 0. The van der Waals surface area contributed by atoms with E-state index >= 15 is 0 Å². The Morgan fingerprint density at radius 1 is 1.50 bits per heavy atom. The Morgan fingerprint density at radius 3 is 2.50 bits per heavy atom. The summed E-state index contributed by atoms with van der Waals surface area (Å²) in [7, 11) is 0. The Kier molecular flexibility index (Phi) is 5.43. The Labute approximate surface area is 74.6 Å². The summed E-state index contributed by atoms with van der Waals surface area (Å²) in [5.74, 6) is 0.272. The van der Waals surface area contributed by atoms with Crippen LogP contribution in [0.4, 0.5) is 0 Å². The van der Waals surface area contributed by atoms with Gasteiger partial charge < -0.3 is 4.74 Å². The number of ether oxygens (including phenoxy) is 1. The fraction of sp³-hybridized carbons (Fsp3) is 0.700. The highest BCUT2D eigenvalue weighted by atomic mass is 16.5. The third-order valence-corrected chi connectivity index (χ3v) is 1.37. The summed E-state index contributed by atoms with van der Waals surface area (Å²) in [6.45, 7) is 10.1. The molecule has 0 radical (unpaired) electrons. The zero-order valence-electron chi connectivity index (χ0n) is 8.22. The van der Waals surface area contributed by atoms with Gasteiger partial charge in [-0.05, 0) is 12.8 Å². The maximum Gasteiger partial charge on any atom is 0.306 e. The maximum absolute atomic E-state index is 11.0. The maximum atomic E-state index is 11.0. The van der Waals surface area contributed by atoms with Gasteiger partial charge in [-0.2, -0.15) is 0 Å². The molecule has 0 aromatic rings. The molecule has 0 bridgehead atoms. The molecule has 0 atom stereocenters. The van der Waals surface area contributed by atoms with E-state index in [0.29, 0.717) is 18.9 Å². The second-order valence-electron chi connectivity index (χ2n) is 3.53. The van der Waals surface area contributed by atoms with E-state index in [1.54, 1.807) is 0 Å². The van der Waals surface area contributed by atoms with Crippen molar-refractivity contribution in [2.45, 2.75) is 33.6 Å². The monoisotopic (exact) mass is 170 g/mol. The third-order valence-electron chi connectivity index (χ3n) is 1.37. The molecule has 0 amide bonds. The molecule has 0 aliphatic heterocycles. The van der Waals surface area contributed by atoms with Gasteiger partial charge in [0.15, 0.2) is 0 Å². The van der Waals surface area contributed by atoms with Gasteiger partial charge in [0.25, 0.3) is 0 Å². The van der Waals surface area contributed by atoms with Crippen molar-refractivity contribution < 1.29 is 9.53 Å². The fourth-order valence-corrected chi connectivity index (χ4v) is 0.731. The average Bonchev–Trinajstić information content (AvgIpc) is 1.84. The van der Waals surface area contributed by atoms with Gasteiger partial charge >= 0.3 is 5.97 Å². The highest BCUT2D eigenvalue weighted by molar-refractivity contribution is 5.69. The Bertz CT molecular complexity index is 159. The van der Waals surface area contributed by atoms with Crippen molar-refractivity contribution in [2.75, 3.05) is 6.61 Å². The van der Waals surface area contributed by atoms with Crippen LogP contribution in [-0.4, -0.2) is 12.6 Å². The first kappa shape index (κ1) is 11.2. The Hall–Kier alpha value is -0.790. The van der Waals surface area contributed by atoms with E-state index in [-0.39, 0.29) is 5.97 Å². The molecule has 0 spiro atoms. The van der Waals surface area contributed by atoms with Gasteiger partial charge in [0, 0.05) is 12.8 Å². The zero-order valence-corrected chi connectivity index (χ0v) is 8.22. The predicted molar refractivity (Wildman–Crippen MR) is 49.8 cm³/mol. The minimum absolute atomic E-state index is 0.105. The molecule has 0 unspecified atom stereocenters. The summed E-state index contributed by atoms with van der Waals surface area (Å²) in [6.07, 6.45) is 1.28. The normalized spacial score (nSPS) is 10.0. The van der Waals surface area contributed by atoms with Gasteiger partial charge in [-0.15, -0.1) is 6.58 Å². The molecule has 0 fully saturated rings. The van der Waals surface area contributed by atoms with Crippen molar-refractivity contribution in [2.24, 2.45) is 5.92 Å². The molecule has 0 N–H and O–H groups in total. The zero-order chi connectivity index (χ0) is 9.56. The van der Waals surface area contributed by atoms with Crippen LogP contribution in [-0.2, 0) is 9.53 Å². The van der Waals surface area contributed by atoms with Crippen molar-refractivity contribution in [3.63, 3.8) is 0 Å². The lowest BCUT2D eigenvalue weighted by Crippen LogP contribution is -2.08. The van der Waals surface area contributed by atoms with Crippen LogP contribution < -0.4 is 0 Å². The van der Waals surface area contributed by atoms with E-state index in [4.69, 9.17) is 4.74 Å². The van der Waals surface area contributed by atoms with Gasteiger partial charge in [-0.25, -0.2) is 0 Å². The van der Waals surface area contributed by atoms with Gasteiger partial charge in [0.05, 0.1) is 6.61 Å². The Balaban J connectivity index is 3.38. The highest BCUT2D eigenvalue weighted by Gasteiger charge is 2.04. The molecule has 2 nitrogen and oxygen atoms in total. The molecule has 12 heavy (non-hydrogen) atoms. The quantitative estimate of drug-likeness (QED) is 0.468. The van der Waals surface area contributed by atoms with Crippen molar-refractivity contribution in [1.29, 1.82) is 0 Å². The lowest BCUT2D eigenvalue weighted by atomic mass is 10.1. The summed E-state index contributed by atoms with van der Waals surface area (Å²) >= 11 is 0. The van der Waals surface area contributed by atoms with Crippen LogP contribution in [0.5, 0.6) is 0 Å². The number of esters is 1. The first-order valence-electron chi connectivity index (χ1n) is 4.32. The van der Waals surface area contributed by atoms with E-state index in [1.807, 2.05) is 20.8 Å². The van der Waals surface area contributed by atoms with E-state index in [9.17, 15) is 4.79 Å². The van der Waals surface area contributed by atoms with E-state index in [2.05, 4.69) is 6.58 Å². The number of carbonyl (C=O) groups is 1. The largest absolute Gasteiger partial charge is 0.465 e. The molecule has 70 valence electrons. The molecule has 2 heteroatoms. The first-order chi connectivity index (χ1) is 5.52. The number of hydrogen-bond acceptors (Lipinski definition) is 2. The van der Waals surface area contributed by atoms with E-state index < -0.39 is 0 Å². The predicted octanol–water partition coefficient (Wildman–Crippen LogP) is 2.54. The van der Waals surface area contributed by atoms with Crippen LogP contribution >= 0.6 is 0 Å². The van der Waals surface area contributed by atoms with Gasteiger partial charge in [0.2, 0.25) is 0 Å². The fourth-order valence-electron chi connectivity index (χ4n) is 0.731. The van der Waals surface area contributed by atoms with Gasteiger partial charge in [-0.1, -0.05) is 19.4 Å². The SMILES string of the molecule is C=C(C)CCOC(=O)CC(C)C. The Morgan fingerprint density at radius 2 is 2.08 bits per heavy atom. The smallest absolute Gasteiger partial charge is 0.306 e. The van der Waals surface area contributed by atoms with Crippen molar-refractivity contribution in [3.8, 4) is 0 Å². The lowest BCUT2D eigenvalue weighted by molar-refractivity contribution is -0.144. The summed E-state index contributed by atoms with van der Waals surface area (Å²) in [5, 5.41) is 0. The van der Waals surface area contributed by atoms with Crippen molar-refractivity contribution in [1.82, 2.24) is 0 Å². The van der Waals surface area contributed by atoms with Crippen LogP contribution in [0.3, 0.4) is 0 Å². The van der Waals surface area contributed by atoms with Gasteiger partial charge in [-0.3, -0.25) is 4.79 Å². The van der Waals surface area contributed by atoms with Crippen molar-refractivity contribution in [3.05, 3.63) is 12.2 Å². The van der Waals surface area contributed by atoms with Crippen LogP contribution in [0.1, 0.15) is 33.6 Å². The molecule has 0 aliphatic rings. The van der Waals surface area contributed by atoms with Crippen LogP contribution in [0, 0.1) is 5.92 Å². The van der Waals surface area contributed by atoms with Crippen LogP contribution in [0.15, 0.2) is 12.2 Å². The average molecular weight is 170 g/mol. The molecule has 0 saturated heterocycles. The molecule has 0 heterocycles. The second-order valence-corrected chi connectivity index (χ2v) is 3.53. The minimum atomic E-state index is -0.105. The lowest BCUT2D eigenvalue weighted by Gasteiger charge is -2.05. The second kappa shape index (κ2) is 5.81. The standard InChI is InChI=1S/C10H18O2/c1-8(2)5-6-12-10(11)7-9(3)4/h9H,1,5-7H2,2-4H3. The molecular weight excluding hydrogens is 152 g/mol. The highest BCUT2D eigenvalue weighted by Crippen LogP contribution is 2.02. The number of hydrogen-bond donors (Lipinski definition) is 0. The number of rotatable bonds is 5. The molecule has 0 aliphatic carbocycles. The molecule has 0 rings (SSSR count). The number of carbonyl (C=O) groups excluding carboxylic acids is 1. The molecule has 0 saturated carbocycles. The van der Waals surface area contributed by atoms with Gasteiger partial charge in [0.1, 0.15) is 0 Å². The van der Waals surface area contributed by atoms with E-state index in [0.717, 1.165) is 12.0 Å². The van der Waals surface area contributed by atoms with E-state index in [1.165, 1.54) is 0 Å². The molecule has 0 aromatic carbocycles. The van der Waals surface area contributed by atoms with Crippen LogP contribution in [0.25, 0.3) is 0 Å². The topological polar surface area (TPSA) is 26.3 Å². The first-order valence-corrected chi connectivity index (χ1v) is 4.32. The van der Waals surface area contributed by atoms with Crippen molar-refractivity contribution >= 4 is 5.97 Å².